The summed E-state index contributed by atoms with van der Waals surface area (Å²) in [4.78, 5) is 26.8. The number of aromatic nitrogens is 6. The van der Waals surface area contributed by atoms with Crippen molar-refractivity contribution < 1.29 is 4.79 Å². The van der Waals surface area contributed by atoms with E-state index in [0.29, 0.717) is 11.7 Å². The molecule has 138 valence electrons. The summed E-state index contributed by atoms with van der Waals surface area (Å²) >= 11 is 0. The van der Waals surface area contributed by atoms with Crippen molar-refractivity contribution in [1.29, 1.82) is 0 Å². The summed E-state index contributed by atoms with van der Waals surface area (Å²) in [5, 5.41) is 11.8. The lowest BCUT2D eigenvalue weighted by atomic mass is 9.79. The lowest BCUT2D eigenvalue weighted by molar-refractivity contribution is -0.131. The highest BCUT2D eigenvalue weighted by atomic mass is 16.2. The van der Waals surface area contributed by atoms with E-state index in [1.807, 2.05) is 4.90 Å². The van der Waals surface area contributed by atoms with Gasteiger partial charge >= 0.3 is 0 Å². The zero-order valence-corrected chi connectivity index (χ0v) is 15.5. The Morgan fingerprint density at radius 3 is 2.77 bits per heavy atom. The zero-order valence-electron chi connectivity index (χ0n) is 15.5. The third kappa shape index (κ3) is 3.13. The Morgan fingerprint density at radius 2 is 2.08 bits per heavy atom. The number of nitrogens with zero attached hydrogens (tertiary/aromatic N) is 8. The fraction of sp³-hybridized carbons (Fsp3) is 0.647. The molecule has 0 N–H and O–H groups in total. The molecule has 2 aliphatic rings. The van der Waals surface area contributed by atoms with Crippen molar-refractivity contribution in [3.8, 4) is 0 Å². The van der Waals surface area contributed by atoms with E-state index < -0.39 is 0 Å². The van der Waals surface area contributed by atoms with Crippen molar-refractivity contribution in [2.24, 2.45) is 5.41 Å². The highest BCUT2D eigenvalue weighted by Crippen LogP contribution is 2.41. The van der Waals surface area contributed by atoms with Crippen LogP contribution in [-0.4, -0.2) is 67.2 Å². The Kier molecular flexibility index (Phi) is 4.08. The number of amides is 1. The molecule has 2 fully saturated rings. The zero-order chi connectivity index (χ0) is 18.3. The second kappa shape index (κ2) is 6.30. The van der Waals surface area contributed by atoms with Crippen LogP contribution < -0.4 is 4.90 Å². The van der Waals surface area contributed by atoms with E-state index in [-0.39, 0.29) is 17.9 Å². The number of anilines is 1. The van der Waals surface area contributed by atoms with E-state index >= 15 is 0 Å². The SMILES string of the molecule is Cc1nnn(CC(=O)N2CCC3(C2)CN(c2cc(C(C)C)ncn2)C3)n1. The van der Waals surface area contributed by atoms with Gasteiger partial charge in [-0.2, -0.15) is 4.80 Å². The fourth-order valence-corrected chi connectivity index (χ4v) is 3.79. The lowest BCUT2D eigenvalue weighted by Crippen LogP contribution is -2.58. The first-order chi connectivity index (χ1) is 12.4. The van der Waals surface area contributed by atoms with Gasteiger partial charge in [0.1, 0.15) is 18.7 Å². The first-order valence-corrected chi connectivity index (χ1v) is 9.03. The van der Waals surface area contributed by atoms with Gasteiger partial charge in [-0.3, -0.25) is 4.79 Å². The molecule has 4 heterocycles. The van der Waals surface area contributed by atoms with Crippen molar-refractivity contribution in [2.75, 3.05) is 31.1 Å². The smallest absolute Gasteiger partial charge is 0.246 e. The average molecular weight is 356 g/mol. The predicted molar refractivity (Wildman–Crippen MR) is 94.5 cm³/mol. The maximum Gasteiger partial charge on any atom is 0.246 e. The molecule has 0 radical (unpaired) electrons. The van der Waals surface area contributed by atoms with Crippen LogP contribution in [0.15, 0.2) is 12.4 Å². The number of carbonyl (C=O) groups excluding carboxylic acids is 1. The maximum absolute atomic E-state index is 12.5. The van der Waals surface area contributed by atoms with Gasteiger partial charge in [0.15, 0.2) is 5.82 Å². The van der Waals surface area contributed by atoms with Gasteiger partial charge in [-0.15, -0.1) is 10.2 Å². The third-order valence-electron chi connectivity index (χ3n) is 5.26. The van der Waals surface area contributed by atoms with Gasteiger partial charge in [-0.1, -0.05) is 13.8 Å². The van der Waals surface area contributed by atoms with E-state index in [1.54, 1.807) is 13.3 Å². The first-order valence-electron chi connectivity index (χ1n) is 9.03. The van der Waals surface area contributed by atoms with E-state index in [2.05, 4.69) is 50.2 Å². The molecule has 2 saturated heterocycles. The van der Waals surface area contributed by atoms with Gasteiger partial charge < -0.3 is 9.80 Å². The van der Waals surface area contributed by atoms with Gasteiger partial charge in [0, 0.05) is 43.4 Å². The lowest BCUT2D eigenvalue weighted by Gasteiger charge is -2.48. The molecule has 2 aromatic rings. The molecule has 4 rings (SSSR count). The molecule has 0 aliphatic carbocycles. The van der Waals surface area contributed by atoms with Crippen molar-refractivity contribution in [2.45, 2.75) is 39.7 Å². The van der Waals surface area contributed by atoms with Gasteiger partial charge in [-0.05, 0) is 24.5 Å². The van der Waals surface area contributed by atoms with Crippen molar-refractivity contribution in [1.82, 2.24) is 35.1 Å². The summed E-state index contributed by atoms with van der Waals surface area (Å²) in [6.45, 7) is 9.65. The Labute approximate surface area is 152 Å². The van der Waals surface area contributed by atoms with Crippen LogP contribution in [0.5, 0.6) is 0 Å². The van der Waals surface area contributed by atoms with Gasteiger partial charge in [0.25, 0.3) is 0 Å². The molecule has 0 aromatic carbocycles. The number of rotatable bonds is 4. The number of likely N-dealkylation sites (tertiary alicyclic amines) is 1. The van der Waals surface area contributed by atoms with Crippen LogP contribution >= 0.6 is 0 Å². The molecular weight excluding hydrogens is 332 g/mol. The Morgan fingerprint density at radius 1 is 1.27 bits per heavy atom. The third-order valence-corrected chi connectivity index (χ3v) is 5.26. The highest BCUT2D eigenvalue weighted by Gasteiger charge is 2.49. The van der Waals surface area contributed by atoms with E-state index in [4.69, 9.17) is 0 Å². The van der Waals surface area contributed by atoms with Gasteiger partial charge in [0.05, 0.1) is 0 Å². The number of aryl methyl sites for hydroxylation is 1. The number of carbonyl (C=O) groups is 1. The molecule has 9 heteroatoms. The Balaban J connectivity index is 1.35. The summed E-state index contributed by atoms with van der Waals surface area (Å²) in [6, 6.07) is 2.08. The summed E-state index contributed by atoms with van der Waals surface area (Å²) in [5.41, 5.74) is 1.25. The van der Waals surface area contributed by atoms with Crippen LogP contribution in [0.4, 0.5) is 5.82 Å². The molecule has 26 heavy (non-hydrogen) atoms. The van der Waals surface area contributed by atoms with Crippen molar-refractivity contribution in [3.05, 3.63) is 23.9 Å². The quantitative estimate of drug-likeness (QED) is 0.793. The van der Waals surface area contributed by atoms with Crippen molar-refractivity contribution in [3.63, 3.8) is 0 Å². The topological polar surface area (TPSA) is 92.9 Å². The van der Waals surface area contributed by atoms with Gasteiger partial charge in [-0.25, -0.2) is 9.97 Å². The first kappa shape index (κ1) is 16.9. The van der Waals surface area contributed by atoms with Crippen molar-refractivity contribution >= 4 is 11.7 Å². The van der Waals surface area contributed by atoms with E-state index in [9.17, 15) is 4.79 Å². The van der Waals surface area contributed by atoms with Crippen LogP contribution in [0, 0.1) is 12.3 Å². The molecule has 2 aliphatic heterocycles. The van der Waals surface area contributed by atoms with Crippen LogP contribution in [0.3, 0.4) is 0 Å². The Bertz CT molecular complexity index is 811. The molecule has 9 nitrogen and oxygen atoms in total. The summed E-state index contributed by atoms with van der Waals surface area (Å²) in [7, 11) is 0. The second-order valence-corrected chi connectivity index (χ2v) is 7.74. The minimum Gasteiger partial charge on any atom is -0.355 e. The molecule has 0 saturated carbocycles. The molecule has 2 aromatic heterocycles. The van der Waals surface area contributed by atoms with E-state index in [0.717, 1.165) is 44.1 Å². The van der Waals surface area contributed by atoms with Crippen LogP contribution in [0.2, 0.25) is 0 Å². The summed E-state index contributed by atoms with van der Waals surface area (Å²) < 4.78 is 0. The van der Waals surface area contributed by atoms with Crippen LogP contribution in [-0.2, 0) is 11.3 Å². The molecule has 0 atom stereocenters. The van der Waals surface area contributed by atoms with Crippen LogP contribution in [0.1, 0.15) is 37.7 Å². The standard InChI is InChI=1S/C17H24N8O/c1-12(2)14-6-15(19-11-18-14)24-9-17(10-24)4-5-23(8-17)16(26)7-25-21-13(3)20-22-25/h6,11-12H,4-5,7-10H2,1-3H3. The summed E-state index contributed by atoms with van der Waals surface area (Å²) in [6.07, 6.45) is 2.68. The predicted octanol–water partition coefficient (Wildman–Crippen LogP) is 0.634. The molecule has 0 bridgehead atoms. The minimum atomic E-state index is 0.0573. The number of hydrogen-bond acceptors (Lipinski definition) is 7. The highest BCUT2D eigenvalue weighted by molar-refractivity contribution is 5.76. The van der Waals surface area contributed by atoms with Gasteiger partial charge in [0.2, 0.25) is 5.91 Å². The molecule has 1 amide bonds. The molecular formula is C17H24N8O. The Hall–Kier alpha value is -2.58. The average Bonchev–Trinajstić information content (AvgIpc) is 3.20. The van der Waals surface area contributed by atoms with Crippen LogP contribution in [0.25, 0.3) is 0 Å². The molecule has 1 spiro atoms. The largest absolute Gasteiger partial charge is 0.355 e. The fourth-order valence-electron chi connectivity index (χ4n) is 3.79. The normalized spacial score (nSPS) is 18.6. The molecule has 0 unspecified atom stereocenters. The maximum atomic E-state index is 12.5. The number of tetrazole rings is 1. The van der Waals surface area contributed by atoms with E-state index in [1.165, 1.54) is 4.80 Å². The number of hydrogen-bond donors (Lipinski definition) is 0. The second-order valence-electron chi connectivity index (χ2n) is 7.74. The summed E-state index contributed by atoms with van der Waals surface area (Å²) in [5.74, 6) is 2.01. The monoisotopic (exact) mass is 356 g/mol. The minimum absolute atomic E-state index is 0.0573.